The summed E-state index contributed by atoms with van der Waals surface area (Å²) in [5.41, 5.74) is 2.84. The molecule has 0 radical (unpaired) electrons. The highest BCUT2D eigenvalue weighted by Gasteiger charge is 2.21. The number of halogens is 1. The number of hydrogen-bond acceptors (Lipinski definition) is 3. The summed E-state index contributed by atoms with van der Waals surface area (Å²) in [6, 6.07) is 0. The van der Waals surface area contributed by atoms with Crippen molar-refractivity contribution >= 4 is 24.1 Å². The smallest absolute Gasteiger partial charge is 0.268 e. The zero-order valence-electron chi connectivity index (χ0n) is 13.3. The summed E-state index contributed by atoms with van der Waals surface area (Å²) in [6.45, 7) is 6.92. The van der Waals surface area contributed by atoms with Gasteiger partial charge < -0.3 is 15.6 Å². The molecule has 0 aliphatic rings. The van der Waals surface area contributed by atoms with Gasteiger partial charge in [-0.1, -0.05) is 13.3 Å². The Morgan fingerprint density at radius 3 is 2.43 bits per heavy atom. The third kappa shape index (κ3) is 5.17. The summed E-state index contributed by atoms with van der Waals surface area (Å²) >= 11 is 0. The van der Waals surface area contributed by atoms with E-state index in [-0.39, 0.29) is 24.1 Å². The van der Waals surface area contributed by atoms with Crippen LogP contribution < -0.4 is 10.6 Å². The fourth-order valence-electron chi connectivity index (χ4n) is 2.40. The summed E-state index contributed by atoms with van der Waals surface area (Å²) in [5, 5.41) is 5.93. The number of Topliss-reactive ketones (excluding diaryl/α,β-unsaturated/α-hetero) is 1. The van der Waals surface area contributed by atoms with Crippen molar-refractivity contribution in [3.05, 3.63) is 22.5 Å². The fraction of sp³-hybridized carbons (Fsp3) is 0.600. The van der Waals surface area contributed by atoms with E-state index in [1.807, 2.05) is 20.9 Å². The number of H-pyrrole nitrogens is 1. The largest absolute Gasteiger partial charge is 0.354 e. The maximum absolute atomic E-state index is 12.2. The van der Waals surface area contributed by atoms with E-state index >= 15 is 0 Å². The number of ketones is 1. The molecule has 0 aliphatic carbocycles. The molecule has 120 valence electrons. The number of hydrogen-bond donors (Lipinski definition) is 3. The number of nitrogens with one attached hydrogen (secondary N) is 3. The first-order valence-electron chi connectivity index (χ1n) is 7.18. The van der Waals surface area contributed by atoms with Gasteiger partial charge in [-0.25, -0.2) is 0 Å². The first-order valence-corrected chi connectivity index (χ1v) is 7.18. The van der Waals surface area contributed by atoms with Crippen LogP contribution in [0, 0.1) is 6.92 Å². The number of amides is 1. The molecule has 0 unspecified atom stereocenters. The van der Waals surface area contributed by atoms with Gasteiger partial charge in [0.2, 0.25) is 0 Å². The molecule has 0 spiro atoms. The minimum atomic E-state index is -0.125. The lowest BCUT2D eigenvalue weighted by atomic mass is 10.0. The van der Waals surface area contributed by atoms with Gasteiger partial charge in [-0.2, -0.15) is 0 Å². The van der Waals surface area contributed by atoms with E-state index in [1.165, 1.54) is 0 Å². The number of aromatic nitrogens is 1. The van der Waals surface area contributed by atoms with Gasteiger partial charge >= 0.3 is 0 Å². The molecule has 6 heteroatoms. The predicted octanol–water partition coefficient (Wildman–Crippen LogP) is 2.24. The Hall–Kier alpha value is -1.33. The van der Waals surface area contributed by atoms with Gasteiger partial charge in [0.05, 0.1) is 0 Å². The molecule has 0 aromatic carbocycles. The SMILES string of the molecule is CCCc1c(C(=O)NCCCNC)[nH]c(C)c1C(C)=O.Cl. The lowest BCUT2D eigenvalue weighted by Gasteiger charge is -2.06. The molecule has 3 N–H and O–H groups in total. The van der Waals surface area contributed by atoms with Crippen molar-refractivity contribution < 1.29 is 9.59 Å². The Labute approximate surface area is 132 Å². The Morgan fingerprint density at radius 2 is 1.90 bits per heavy atom. The van der Waals surface area contributed by atoms with Crippen molar-refractivity contribution in [2.75, 3.05) is 20.1 Å². The van der Waals surface area contributed by atoms with Crippen LogP contribution in [0.2, 0.25) is 0 Å². The highest BCUT2D eigenvalue weighted by molar-refractivity contribution is 6.02. The van der Waals surface area contributed by atoms with E-state index in [4.69, 9.17) is 0 Å². The van der Waals surface area contributed by atoms with E-state index < -0.39 is 0 Å². The summed E-state index contributed by atoms with van der Waals surface area (Å²) in [7, 11) is 1.88. The summed E-state index contributed by atoms with van der Waals surface area (Å²) in [5.74, 6) is -0.114. The molecule has 1 heterocycles. The minimum Gasteiger partial charge on any atom is -0.354 e. The highest BCUT2D eigenvalue weighted by Crippen LogP contribution is 2.21. The molecule has 0 saturated carbocycles. The second kappa shape index (κ2) is 9.58. The lowest BCUT2D eigenvalue weighted by Crippen LogP contribution is -2.27. The van der Waals surface area contributed by atoms with Crippen molar-refractivity contribution in [1.82, 2.24) is 15.6 Å². The van der Waals surface area contributed by atoms with Crippen LogP contribution in [0.25, 0.3) is 0 Å². The average Bonchev–Trinajstić information content (AvgIpc) is 2.72. The van der Waals surface area contributed by atoms with Gasteiger partial charge in [0.1, 0.15) is 5.69 Å². The standard InChI is InChI=1S/C15H25N3O2.ClH/c1-5-7-12-13(11(3)19)10(2)18-14(12)15(20)17-9-6-8-16-4;/h16,18H,5-9H2,1-4H3,(H,17,20);1H. The molecule has 0 bridgehead atoms. The van der Waals surface area contributed by atoms with E-state index in [2.05, 4.69) is 15.6 Å². The zero-order valence-corrected chi connectivity index (χ0v) is 14.1. The van der Waals surface area contributed by atoms with E-state index in [9.17, 15) is 9.59 Å². The van der Waals surface area contributed by atoms with Crippen LogP contribution in [0.15, 0.2) is 0 Å². The van der Waals surface area contributed by atoms with Crippen molar-refractivity contribution in [1.29, 1.82) is 0 Å². The fourth-order valence-corrected chi connectivity index (χ4v) is 2.40. The molecule has 1 rings (SSSR count). The van der Waals surface area contributed by atoms with Gasteiger partial charge in [-0.05, 0) is 45.8 Å². The van der Waals surface area contributed by atoms with Crippen LogP contribution in [0.5, 0.6) is 0 Å². The van der Waals surface area contributed by atoms with Crippen molar-refractivity contribution in [3.63, 3.8) is 0 Å². The Bertz CT molecular complexity index is 484. The third-order valence-electron chi connectivity index (χ3n) is 3.26. The number of rotatable bonds is 8. The van der Waals surface area contributed by atoms with Crippen LogP contribution in [0.3, 0.4) is 0 Å². The topological polar surface area (TPSA) is 74.0 Å². The van der Waals surface area contributed by atoms with Crippen LogP contribution in [-0.4, -0.2) is 36.8 Å². The molecule has 0 atom stereocenters. The second-order valence-electron chi connectivity index (χ2n) is 5.00. The number of aromatic amines is 1. The molecule has 0 aliphatic heterocycles. The first kappa shape index (κ1) is 19.7. The van der Waals surface area contributed by atoms with E-state index in [1.54, 1.807) is 6.92 Å². The maximum Gasteiger partial charge on any atom is 0.268 e. The summed E-state index contributed by atoms with van der Waals surface area (Å²) in [6.07, 6.45) is 2.51. The number of carbonyl (C=O) groups is 2. The Balaban J connectivity index is 0.00000400. The van der Waals surface area contributed by atoms with Crippen molar-refractivity contribution in [2.45, 2.75) is 40.0 Å². The predicted molar refractivity (Wildman–Crippen MR) is 87.7 cm³/mol. The first-order chi connectivity index (χ1) is 9.52. The third-order valence-corrected chi connectivity index (χ3v) is 3.26. The van der Waals surface area contributed by atoms with Crippen LogP contribution in [0.4, 0.5) is 0 Å². The molecule has 0 fully saturated rings. The Morgan fingerprint density at radius 1 is 1.24 bits per heavy atom. The van der Waals surface area contributed by atoms with Gasteiger partial charge in [0.15, 0.2) is 5.78 Å². The number of carbonyl (C=O) groups excluding carboxylic acids is 2. The Kier molecular flexibility index (Phi) is 8.97. The van der Waals surface area contributed by atoms with Crippen molar-refractivity contribution in [2.24, 2.45) is 0 Å². The van der Waals surface area contributed by atoms with Gasteiger partial charge in [0.25, 0.3) is 5.91 Å². The summed E-state index contributed by atoms with van der Waals surface area (Å²) in [4.78, 5) is 27.0. The normalized spacial score (nSPS) is 10.1. The van der Waals surface area contributed by atoms with Crippen LogP contribution in [0.1, 0.15) is 58.8 Å². The molecule has 5 nitrogen and oxygen atoms in total. The molecule has 0 saturated heterocycles. The highest BCUT2D eigenvalue weighted by atomic mass is 35.5. The molecular weight excluding hydrogens is 290 g/mol. The molecule has 21 heavy (non-hydrogen) atoms. The molecule has 1 aromatic rings. The van der Waals surface area contributed by atoms with Crippen molar-refractivity contribution in [3.8, 4) is 0 Å². The second-order valence-corrected chi connectivity index (χ2v) is 5.00. The average molecular weight is 316 g/mol. The molecular formula is C15H26ClN3O2. The van der Waals surface area contributed by atoms with Gasteiger partial charge in [0, 0.05) is 17.8 Å². The zero-order chi connectivity index (χ0) is 15.1. The quantitative estimate of drug-likeness (QED) is 0.509. The van der Waals surface area contributed by atoms with Crippen LogP contribution >= 0.6 is 12.4 Å². The van der Waals surface area contributed by atoms with Gasteiger partial charge in [-0.3, -0.25) is 9.59 Å². The van der Waals surface area contributed by atoms with E-state index in [0.29, 0.717) is 17.8 Å². The van der Waals surface area contributed by atoms with E-state index in [0.717, 1.165) is 37.1 Å². The maximum atomic E-state index is 12.2. The monoisotopic (exact) mass is 315 g/mol. The molecule has 1 aromatic heterocycles. The lowest BCUT2D eigenvalue weighted by molar-refractivity contribution is 0.0947. The molecule has 1 amide bonds. The number of aryl methyl sites for hydroxylation is 1. The minimum absolute atomic E-state index is 0. The van der Waals surface area contributed by atoms with Crippen LogP contribution in [-0.2, 0) is 6.42 Å². The van der Waals surface area contributed by atoms with Gasteiger partial charge in [-0.15, -0.1) is 12.4 Å². The summed E-state index contributed by atoms with van der Waals surface area (Å²) < 4.78 is 0.